The Morgan fingerprint density at radius 1 is 1.10 bits per heavy atom. The summed E-state index contributed by atoms with van der Waals surface area (Å²) in [5, 5.41) is 20.2. The van der Waals surface area contributed by atoms with Crippen molar-refractivity contribution in [3.05, 3.63) is 60.3 Å². The van der Waals surface area contributed by atoms with E-state index in [4.69, 9.17) is 9.84 Å². The van der Waals surface area contributed by atoms with Crippen molar-refractivity contribution < 1.29 is 19.7 Å². The van der Waals surface area contributed by atoms with Crippen LogP contribution < -0.4 is 4.74 Å². The summed E-state index contributed by atoms with van der Waals surface area (Å²) >= 11 is 0. The Kier molecular flexibility index (Phi) is 3.16. The molecule has 1 heterocycles. The monoisotopic (exact) mass is 281 g/mol. The standard InChI is InChI=1S/C16H11NO4/c18-11-6-5-10-7-8-17-15(13(10)9-11)21-14-4-2-1-3-12(14)16(19)20/h1-9,18H,(H,19,20). The number of aromatic carboxylic acids is 1. The van der Waals surface area contributed by atoms with Crippen LogP contribution in [-0.2, 0) is 0 Å². The highest BCUT2D eigenvalue weighted by molar-refractivity contribution is 5.92. The Morgan fingerprint density at radius 2 is 1.90 bits per heavy atom. The van der Waals surface area contributed by atoms with Crippen LogP contribution in [0.4, 0.5) is 0 Å². The van der Waals surface area contributed by atoms with Crippen molar-refractivity contribution in [1.29, 1.82) is 0 Å². The van der Waals surface area contributed by atoms with Gasteiger partial charge in [0.25, 0.3) is 0 Å². The van der Waals surface area contributed by atoms with Crippen molar-refractivity contribution in [3.8, 4) is 17.4 Å². The maximum absolute atomic E-state index is 11.2. The molecule has 3 rings (SSSR count). The number of benzene rings is 2. The number of aromatic nitrogens is 1. The Labute approximate surface area is 120 Å². The third-order valence-electron chi connectivity index (χ3n) is 3.04. The van der Waals surface area contributed by atoms with Gasteiger partial charge in [-0.1, -0.05) is 18.2 Å². The van der Waals surface area contributed by atoms with E-state index >= 15 is 0 Å². The third kappa shape index (κ3) is 2.49. The molecule has 2 N–H and O–H groups in total. The van der Waals surface area contributed by atoms with Crippen LogP contribution in [0.2, 0.25) is 0 Å². The predicted molar refractivity (Wildman–Crippen MR) is 76.9 cm³/mol. The zero-order valence-corrected chi connectivity index (χ0v) is 10.9. The van der Waals surface area contributed by atoms with E-state index in [1.807, 2.05) is 0 Å². The summed E-state index contributed by atoms with van der Waals surface area (Å²) < 4.78 is 5.64. The molecule has 0 atom stereocenters. The van der Waals surface area contributed by atoms with Crippen LogP contribution in [0.1, 0.15) is 10.4 Å². The first-order valence-electron chi connectivity index (χ1n) is 6.23. The van der Waals surface area contributed by atoms with Crippen molar-refractivity contribution >= 4 is 16.7 Å². The van der Waals surface area contributed by atoms with Gasteiger partial charge in [0, 0.05) is 11.6 Å². The van der Waals surface area contributed by atoms with Crippen LogP contribution in [0.25, 0.3) is 10.8 Å². The molecule has 0 radical (unpaired) electrons. The molecule has 104 valence electrons. The van der Waals surface area contributed by atoms with E-state index in [0.29, 0.717) is 5.39 Å². The van der Waals surface area contributed by atoms with Gasteiger partial charge in [0.1, 0.15) is 17.1 Å². The quantitative estimate of drug-likeness (QED) is 0.768. The summed E-state index contributed by atoms with van der Waals surface area (Å²) in [6.45, 7) is 0. The van der Waals surface area contributed by atoms with Gasteiger partial charge in [0.05, 0.1) is 0 Å². The Bertz CT molecular complexity index is 829. The van der Waals surface area contributed by atoms with Gasteiger partial charge in [-0.25, -0.2) is 9.78 Å². The van der Waals surface area contributed by atoms with Gasteiger partial charge in [0.15, 0.2) is 0 Å². The van der Waals surface area contributed by atoms with Crippen LogP contribution >= 0.6 is 0 Å². The van der Waals surface area contributed by atoms with Crippen LogP contribution in [0.15, 0.2) is 54.7 Å². The van der Waals surface area contributed by atoms with Gasteiger partial charge < -0.3 is 14.9 Å². The number of ether oxygens (including phenoxy) is 1. The van der Waals surface area contributed by atoms with E-state index in [2.05, 4.69) is 4.98 Å². The minimum atomic E-state index is -1.08. The van der Waals surface area contributed by atoms with Crippen LogP contribution in [0.3, 0.4) is 0 Å². The lowest BCUT2D eigenvalue weighted by Gasteiger charge is -2.10. The van der Waals surface area contributed by atoms with Gasteiger partial charge in [0.2, 0.25) is 5.88 Å². The second-order valence-corrected chi connectivity index (χ2v) is 4.42. The van der Waals surface area contributed by atoms with Crippen molar-refractivity contribution in [1.82, 2.24) is 4.98 Å². The average molecular weight is 281 g/mol. The average Bonchev–Trinajstić information content (AvgIpc) is 2.48. The highest BCUT2D eigenvalue weighted by atomic mass is 16.5. The fraction of sp³-hybridized carbons (Fsp3) is 0. The molecular formula is C16H11NO4. The first kappa shape index (κ1) is 12.9. The molecule has 2 aromatic carbocycles. The van der Waals surface area contributed by atoms with Crippen molar-refractivity contribution in [2.24, 2.45) is 0 Å². The van der Waals surface area contributed by atoms with Gasteiger partial charge >= 0.3 is 5.97 Å². The lowest BCUT2D eigenvalue weighted by atomic mass is 10.1. The minimum Gasteiger partial charge on any atom is -0.508 e. The van der Waals surface area contributed by atoms with Crippen molar-refractivity contribution in [2.45, 2.75) is 0 Å². The number of fused-ring (bicyclic) bond motifs is 1. The minimum absolute atomic E-state index is 0.0523. The summed E-state index contributed by atoms with van der Waals surface area (Å²) in [4.78, 5) is 15.3. The van der Waals surface area contributed by atoms with E-state index < -0.39 is 5.97 Å². The third-order valence-corrected chi connectivity index (χ3v) is 3.04. The fourth-order valence-corrected chi connectivity index (χ4v) is 2.05. The summed E-state index contributed by atoms with van der Waals surface area (Å²) in [6.07, 6.45) is 1.57. The van der Waals surface area contributed by atoms with Crippen molar-refractivity contribution in [3.63, 3.8) is 0 Å². The zero-order chi connectivity index (χ0) is 14.8. The Balaban J connectivity index is 2.11. The number of carboxylic acids is 1. The van der Waals surface area contributed by atoms with Crippen LogP contribution in [-0.4, -0.2) is 21.2 Å². The summed E-state index contributed by atoms with van der Waals surface area (Å²) in [6, 6.07) is 12.9. The van der Waals surface area contributed by atoms with E-state index in [1.165, 1.54) is 12.1 Å². The molecule has 3 aromatic rings. The maximum atomic E-state index is 11.2. The Hall–Kier alpha value is -3.08. The molecule has 0 fully saturated rings. The lowest BCUT2D eigenvalue weighted by molar-refractivity contribution is 0.0694. The number of para-hydroxylation sites is 1. The number of rotatable bonds is 3. The number of nitrogens with zero attached hydrogens (tertiary/aromatic N) is 1. The molecule has 0 amide bonds. The number of hydrogen-bond acceptors (Lipinski definition) is 4. The summed E-state index contributed by atoms with van der Waals surface area (Å²) in [7, 11) is 0. The summed E-state index contributed by atoms with van der Waals surface area (Å²) in [5.74, 6) is -0.536. The van der Waals surface area contributed by atoms with Crippen LogP contribution in [0.5, 0.6) is 17.4 Å². The molecular weight excluding hydrogens is 270 g/mol. The Morgan fingerprint density at radius 3 is 2.71 bits per heavy atom. The lowest BCUT2D eigenvalue weighted by Crippen LogP contribution is -2.00. The van der Waals surface area contributed by atoms with Gasteiger partial charge in [-0.05, 0) is 35.7 Å². The number of hydrogen-bond donors (Lipinski definition) is 2. The highest BCUT2D eigenvalue weighted by Gasteiger charge is 2.13. The number of phenols is 1. The second kappa shape index (κ2) is 5.13. The zero-order valence-electron chi connectivity index (χ0n) is 10.9. The molecule has 0 aliphatic heterocycles. The van der Waals surface area contributed by atoms with Gasteiger partial charge in [-0.15, -0.1) is 0 Å². The predicted octanol–water partition coefficient (Wildman–Crippen LogP) is 3.43. The molecule has 0 spiro atoms. The second-order valence-electron chi connectivity index (χ2n) is 4.42. The molecule has 0 saturated heterocycles. The molecule has 0 unspecified atom stereocenters. The van der Waals surface area contributed by atoms with Crippen molar-refractivity contribution in [2.75, 3.05) is 0 Å². The molecule has 5 heteroatoms. The topological polar surface area (TPSA) is 79.7 Å². The number of carbonyl (C=O) groups is 1. The van der Waals surface area contributed by atoms with E-state index in [0.717, 1.165) is 5.39 Å². The number of phenolic OH excluding ortho intramolecular Hbond substituents is 1. The van der Waals surface area contributed by atoms with E-state index in [1.54, 1.807) is 42.6 Å². The highest BCUT2D eigenvalue weighted by Crippen LogP contribution is 2.31. The van der Waals surface area contributed by atoms with E-state index in [-0.39, 0.29) is 22.9 Å². The largest absolute Gasteiger partial charge is 0.508 e. The molecule has 5 nitrogen and oxygen atoms in total. The SMILES string of the molecule is O=C(O)c1ccccc1Oc1nccc2ccc(O)cc12. The molecule has 21 heavy (non-hydrogen) atoms. The molecule has 0 saturated carbocycles. The normalized spacial score (nSPS) is 10.5. The first-order chi connectivity index (χ1) is 10.1. The smallest absolute Gasteiger partial charge is 0.339 e. The fourth-order valence-electron chi connectivity index (χ4n) is 2.05. The number of carboxylic acid groups (broad SMARTS) is 1. The number of aromatic hydroxyl groups is 1. The summed E-state index contributed by atoms with van der Waals surface area (Å²) in [5.41, 5.74) is 0.0523. The van der Waals surface area contributed by atoms with Crippen LogP contribution in [0, 0.1) is 0 Å². The molecule has 1 aromatic heterocycles. The van der Waals surface area contributed by atoms with Gasteiger partial charge in [-0.3, -0.25) is 0 Å². The molecule has 0 bridgehead atoms. The van der Waals surface area contributed by atoms with Gasteiger partial charge in [-0.2, -0.15) is 0 Å². The maximum Gasteiger partial charge on any atom is 0.339 e. The molecule has 0 aliphatic rings. The number of pyridine rings is 1. The first-order valence-corrected chi connectivity index (χ1v) is 6.23. The molecule has 0 aliphatic carbocycles. The van der Waals surface area contributed by atoms with E-state index in [9.17, 15) is 9.90 Å².